The summed E-state index contributed by atoms with van der Waals surface area (Å²) in [7, 11) is 0. The predicted molar refractivity (Wildman–Crippen MR) is 79.9 cm³/mol. The van der Waals surface area contributed by atoms with Gasteiger partial charge in [-0.25, -0.2) is 0 Å². The Kier molecular flexibility index (Phi) is 4.96. The van der Waals surface area contributed by atoms with E-state index in [1.54, 1.807) is 18.2 Å². The molecule has 0 bridgehead atoms. The van der Waals surface area contributed by atoms with E-state index in [1.165, 1.54) is 0 Å². The molecule has 1 N–H and O–H groups in total. The lowest BCUT2D eigenvalue weighted by molar-refractivity contribution is 0.0342. The first kappa shape index (κ1) is 16.7. The van der Waals surface area contributed by atoms with Gasteiger partial charge in [0.15, 0.2) is 0 Å². The number of nitrogens with zero attached hydrogens (tertiary/aromatic N) is 2. The lowest BCUT2D eigenvalue weighted by Gasteiger charge is -2.26. The summed E-state index contributed by atoms with van der Waals surface area (Å²) in [6, 6.07) is 6.78. The first-order valence-corrected chi connectivity index (χ1v) is 7.40. The Balaban J connectivity index is 1.80. The molecule has 0 saturated carbocycles. The van der Waals surface area contributed by atoms with Crippen LogP contribution >= 0.6 is 0 Å². The molecule has 128 valence electrons. The van der Waals surface area contributed by atoms with E-state index in [9.17, 15) is 17.6 Å². The topological polar surface area (TPSA) is 37.4 Å². The molecule has 24 heavy (non-hydrogen) atoms. The van der Waals surface area contributed by atoms with Gasteiger partial charge in [0.2, 0.25) is 11.6 Å². The number of hydrogen-bond acceptors (Lipinski definition) is 4. The molecule has 1 aromatic carbocycles. The van der Waals surface area contributed by atoms with Crippen LogP contribution in [0.2, 0.25) is 0 Å². The number of nitrogens with one attached hydrogen (secondary N) is 1. The van der Waals surface area contributed by atoms with Crippen LogP contribution in [0.4, 0.5) is 28.9 Å². The normalized spacial score (nSPS) is 15.5. The standard InChI is InChI=1S/C16H15F4N3O/c17-12-14(13(18)16(20)22-15(12)19)21-11-3-1-2-10(8-11)9-23-4-6-24-7-5-23/h1-3,8H,4-7,9H2,(H,21,22). The highest BCUT2D eigenvalue weighted by Gasteiger charge is 2.21. The van der Waals surface area contributed by atoms with E-state index >= 15 is 0 Å². The van der Waals surface area contributed by atoms with Gasteiger partial charge in [0.1, 0.15) is 5.69 Å². The number of anilines is 2. The number of morpholine rings is 1. The molecule has 0 radical (unpaired) electrons. The number of rotatable bonds is 4. The second-order valence-electron chi connectivity index (χ2n) is 5.41. The van der Waals surface area contributed by atoms with Crippen LogP contribution in [0.25, 0.3) is 0 Å². The number of aromatic nitrogens is 1. The molecule has 3 rings (SSSR count). The summed E-state index contributed by atoms with van der Waals surface area (Å²) >= 11 is 0. The summed E-state index contributed by atoms with van der Waals surface area (Å²) in [5.41, 5.74) is 0.324. The van der Waals surface area contributed by atoms with Gasteiger partial charge in [0.05, 0.1) is 13.2 Å². The van der Waals surface area contributed by atoms with Crippen molar-refractivity contribution in [3.63, 3.8) is 0 Å². The maximum Gasteiger partial charge on any atom is 0.253 e. The first-order chi connectivity index (χ1) is 11.5. The molecule has 8 heteroatoms. The van der Waals surface area contributed by atoms with E-state index in [2.05, 4.69) is 15.2 Å². The molecule has 1 aromatic heterocycles. The molecule has 1 aliphatic rings. The summed E-state index contributed by atoms with van der Waals surface area (Å²) in [6.45, 7) is 3.54. The molecule has 0 aliphatic carbocycles. The molecule has 0 unspecified atom stereocenters. The molecule has 2 aromatic rings. The van der Waals surface area contributed by atoms with Crippen LogP contribution in [-0.2, 0) is 11.3 Å². The SMILES string of the molecule is Fc1nc(F)c(F)c(Nc2cccc(CN3CCOCC3)c2)c1F. The zero-order valence-electron chi connectivity index (χ0n) is 12.7. The number of ether oxygens (including phenoxy) is 1. The molecule has 0 spiro atoms. The summed E-state index contributed by atoms with van der Waals surface area (Å²) in [5.74, 6) is -6.51. The van der Waals surface area contributed by atoms with Crippen LogP contribution in [0, 0.1) is 23.5 Å². The van der Waals surface area contributed by atoms with Crippen molar-refractivity contribution in [2.75, 3.05) is 31.6 Å². The minimum atomic E-state index is -1.69. The Morgan fingerprint density at radius 3 is 2.38 bits per heavy atom. The van der Waals surface area contributed by atoms with Crippen molar-refractivity contribution in [1.82, 2.24) is 9.88 Å². The predicted octanol–water partition coefficient (Wildman–Crippen LogP) is 3.21. The number of benzene rings is 1. The van der Waals surface area contributed by atoms with E-state index in [0.29, 0.717) is 25.4 Å². The van der Waals surface area contributed by atoms with Gasteiger partial charge in [-0.05, 0) is 17.7 Å². The Morgan fingerprint density at radius 1 is 1.04 bits per heavy atom. The second kappa shape index (κ2) is 7.14. The molecule has 2 heterocycles. The molecule has 1 aliphatic heterocycles. The average molecular weight is 341 g/mol. The summed E-state index contributed by atoms with van der Waals surface area (Å²) in [6.07, 6.45) is 0. The van der Waals surface area contributed by atoms with Crippen LogP contribution < -0.4 is 5.32 Å². The minimum Gasteiger partial charge on any atom is -0.379 e. The van der Waals surface area contributed by atoms with Crippen molar-refractivity contribution in [2.45, 2.75) is 6.54 Å². The molecule has 0 amide bonds. The van der Waals surface area contributed by atoms with Gasteiger partial charge in [-0.15, -0.1) is 0 Å². The monoisotopic (exact) mass is 341 g/mol. The van der Waals surface area contributed by atoms with E-state index < -0.39 is 29.2 Å². The number of halogens is 4. The number of hydrogen-bond donors (Lipinski definition) is 1. The molecule has 0 atom stereocenters. The van der Waals surface area contributed by atoms with Crippen molar-refractivity contribution >= 4 is 11.4 Å². The second-order valence-corrected chi connectivity index (χ2v) is 5.41. The molecule has 1 saturated heterocycles. The zero-order valence-corrected chi connectivity index (χ0v) is 12.7. The van der Waals surface area contributed by atoms with Crippen LogP contribution in [-0.4, -0.2) is 36.2 Å². The highest BCUT2D eigenvalue weighted by molar-refractivity contribution is 5.61. The van der Waals surface area contributed by atoms with Gasteiger partial charge in [-0.2, -0.15) is 22.5 Å². The maximum atomic E-state index is 13.7. The molecule has 4 nitrogen and oxygen atoms in total. The third-order valence-electron chi connectivity index (χ3n) is 3.70. The highest BCUT2D eigenvalue weighted by atomic mass is 19.2. The van der Waals surface area contributed by atoms with Crippen molar-refractivity contribution in [3.05, 3.63) is 53.4 Å². The van der Waals surface area contributed by atoms with Gasteiger partial charge >= 0.3 is 0 Å². The van der Waals surface area contributed by atoms with Crippen LogP contribution in [0.5, 0.6) is 0 Å². The lowest BCUT2D eigenvalue weighted by Crippen LogP contribution is -2.35. The Morgan fingerprint density at radius 2 is 1.71 bits per heavy atom. The molecular formula is C16H15F4N3O. The van der Waals surface area contributed by atoms with Crippen molar-refractivity contribution in [1.29, 1.82) is 0 Å². The Bertz CT molecular complexity index is 709. The average Bonchev–Trinajstić information content (AvgIpc) is 2.58. The van der Waals surface area contributed by atoms with Gasteiger partial charge in [0.25, 0.3) is 11.9 Å². The van der Waals surface area contributed by atoms with Gasteiger partial charge in [0, 0.05) is 25.3 Å². The van der Waals surface area contributed by atoms with Crippen LogP contribution in [0.3, 0.4) is 0 Å². The summed E-state index contributed by atoms with van der Waals surface area (Å²) in [4.78, 5) is 4.70. The van der Waals surface area contributed by atoms with Gasteiger partial charge < -0.3 is 10.1 Å². The van der Waals surface area contributed by atoms with Crippen molar-refractivity contribution in [2.24, 2.45) is 0 Å². The van der Waals surface area contributed by atoms with E-state index in [0.717, 1.165) is 18.7 Å². The largest absolute Gasteiger partial charge is 0.379 e. The van der Waals surface area contributed by atoms with Crippen molar-refractivity contribution < 1.29 is 22.3 Å². The first-order valence-electron chi connectivity index (χ1n) is 7.40. The fourth-order valence-electron chi connectivity index (χ4n) is 2.51. The smallest absolute Gasteiger partial charge is 0.253 e. The molecular weight excluding hydrogens is 326 g/mol. The maximum absolute atomic E-state index is 13.7. The lowest BCUT2D eigenvalue weighted by atomic mass is 10.1. The van der Waals surface area contributed by atoms with Crippen LogP contribution in [0.15, 0.2) is 24.3 Å². The van der Waals surface area contributed by atoms with E-state index in [4.69, 9.17) is 4.74 Å². The fraction of sp³-hybridized carbons (Fsp3) is 0.312. The van der Waals surface area contributed by atoms with Gasteiger partial charge in [-0.1, -0.05) is 12.1 Å². The Labute approximate surface area is 136 Å². The zero-order chi connectivity index (χ0) is 17.1. The van der Waals surface area contributed by atoms with Crippen molar-refractivity contribution in [3.8, 4) is 0 Å². The third-order valence-corrected chi connectivity index (χ3v) is 3.70. The third kappa shape index (κ3) is 3.65. The Hall–Kier alpha value is -2.19. The summed E-state index contributed by atoms with van der Waals surface area (Å²) in [5, 5.41) is 2.39. The summed E-state index contributed by atoms with van der Waals surface area (Å²) < 4.78 is 58.9. The van der Waals surface area contributed by atoms with E-state index in [1.807, 2.05) is 6.07 Å². The quantitative estimate of drug-likeness (QED) is 0.684. The highest BCUT2D eigenvalue weighted by Crippen LogP contribution is 2.26. The van der Waals surface area contributed by atoms with Gasteiger partial charge in [-0.3, -0.25) is 4.90 Å². The number of pyridine rings is 1. The van der Waals surface area contributed by atoms with Crippen LogP contribution in [0.1, 0.15) is 5.56 Å². The minimum absolute atomic E-state index is 0.323. The fourth-order valence-corrected chi connectivity index (χ4v) is 2.51. The van der Waals surface area contributed by atoms with E-state index in [-0.39, 0.29) is 0 Å². The molecule has 1 fully saturated rings.